The van der Waals surface area contributed by atoms with Crippen molar-refractivity contribution in [1.29, 1.82) is 0 Å². The Morgan fingerprint density at radius 1 is 1.06 bits per heavy atom. The van der Waals surface area contributed by atoms with Crippen LogP contribution in [0.4, 0.5) is 4.39 Å². The molecule has 3 aromatic rings. The molecule has 2 unspecified atom stereocenters. The first-order chi connectivity index (χ1) is 16.6. The Kier molecular flexibility index (Phi) is 6.30. The Labute approximate surface area is 198 Å². The van der Waals surface area contributed by atoms with Gasteiger partial charge in [-0.1, -0.05) is 59.8 Å². The van der Waals surface area contributed by atoms with Gasteiger partial charge in [-0.15, -0.1) is 0 Å². The zero-order chi connectivity index (χ0) is 23.5. The maximum atomic E-state index is 13.5. The van der Waals surface area contributed by atoms with E-state index in [1.165, 1.54) is 17.7 Å². The predicted molar refractivity (Wildman–Crippen MR) is 128 cm³/mol. The van der Waals surface area contributed by atoms with Crippen LogP contribution >= 0.6 is 0 Å². The van der Waals surface area contributed by atoms with Gasteiger partial charge in [-0.3, -0.25) is 4.79 Å². The summed E-state index contributed by atoms with van der Waals surface area (Å²) in [5, 5.41) is 4.30. The number of oxime groups is 1. The van der Waals surface area contributed by atoms with Crippen molar-refractivity contribution in [2.24, 2.45) is 11.1 Å². The van der Waals surface area contributed by atoms with Crippen LogP contribution in [-0.2, 0) is 16.2 Å². The van der Waals surface area contributed by atoms with Crippen LogP contribution in [0.3, 0.4) is 0 Å². The molecule has 0 bridgehead atoms. The number of carbonyl (C=O) groups excluding carboxylic acids is 1. The van der Waals surface area contributed by atoms with Gasteiger partial charge in [0.05, 0.1) is 19.4 Å². The second kappa shape index (κ2) is 9.67. The standard InChI is InChI=1S/C28H27FN2O3/c1-33-27-10-6-5-9-23(27)26-15-22(34-30-26)18-31(17-19-11-13-21(29)14-12-19)28(32)25-16-24(25)20-7-3-2-4-8-20/h2-14,22,24-25H,15-18H2,1H3/t22?,24-,25?/m0/s1. The van der Waals surface area contributed by atoms with Crippen LogP contribution in [0, 0.1) is 11.7 Å². The Balaban J connectivity index is 1.30. The van der Waals surface area contributed by atoms with Crippen LogP contribution in [0.25, 0.3) is 0 Å². The summed E-state index contributed by atoms with van der Waals surface area (Å²) in [5.41, 5.74) is 3.79. The number of para-hydroxylation sites is 1. The zero-order valence-electron chi connectivity index (χ0n) is 19.1. The smallest absolute Gasteiger partial charge is 0.226 e. The largest absolute Gasteiger partial charge is 0.496 e. The number of benzene rings is 3. The molecule has 1 heterocycles. The minimum Gasteiger partial charge on any atom is -0.496 e. The molecule has 0 aromatic heterocycles. The molecule has 0 N–H and O–H groups in total. The topological polar surface area (TPSA) is 51.1 Å². The normalized spacial score (nSPS) is 20.9. The first kappa shape index (κ1) is 22.1. The molecule has 0 spiro atoms. The molecule has 6 heteroatoms. The molecule has 3 aromatic carbocycles. The summed E-state index contributed by atoms with van der Waals surface area (Å²) >= 11 is 0. The molecular formula is C28H27FN2O3. The van der Waals surface area contributed by atoms with E-state index in [9.17, 15) is 9.18 Å². The molecular weight excluding hydrogens is 431 g/mol. The number of rotatable bonds is 8. The highest BCUT2D eigenvalue weighted by Gasteiger charge is 2.46. The van der Waals surface area contributed by atoms with E-state index in [-0.39, 0.29) is 29.7 Å². The van der Waals surface area contributed by atoms with Crippen LogP contribution in [-0.4, -0.2) is 36.3 Å². The molecule has 2 aliphatic rings. The molecule has 1 aliphatic heterocycles. The molecule has 0 radical (unpaired) electrons. The van der Waals surface area contributed by atoms with Crippen LogP contribution in [0.15, 0.2) is 84.0 Å². The van der Waals surface area contributed by atoms with Crippen molar-refractivity contribution in [3.05, 3.63) is 101 Å². The molecule has 1 amide bonds. The molecule has 5 rings (SSSR count). The van der Waals surface area contributed by atoms with Crippen molar-refractivity contribution >= 4 is 11.6 Å². The van der Waals surface area contributed by atoms with Crippen molar-refractivity contribution in [3.63, 3.8) is 0 Å². The Hall–Kier alpha value is -3.67. The van der Waals surface area contributed by atoms with Crippen molar-refractivity contribution in [2.75, 3.05) is 13.7 Å². The first-order valence-electron chi connectivity index (χ1n) is 11.6. The zero-order valence-corrected chi connectivity index (χ0v) is 19.1. The summed E-state index contributed by atoms with van der Waals surface area (Å²) in [4.78, 5) is 21.1. The van der Waals surface area contributed by atoms with E-state index in [2.05, 4.69) is 17.3 Å². The first-order valence-corrected chi connectivity index (χ1v) is 11.6. The fourth-order valence-electron chi connectivity index (χ4n) is 4.63. The molecule has 3 atom stereocenters. The molecule has 5 nitrogen and oxygen atoms in total. The molecule has 34 heavy (non-hydrogen) atoms. The number of hydrogen-bond donors (Lipinski definition) is 0. The quantitative estimate of drug-likeness (QED) is 0.469. The lowest BCUT2D eigenvalue weighted by molar-refractivity contribution is -0.135. The van der Waals surface area contributed by atoms with E-state index in [0.717, 1.165) is 29.0 Å². The SMILES string of the molecule is COc1ccccc1C1=NOC(CN(Cc2ccc(F)cc2)C(=O)C2C[C@H]2c2ccccc2)C1. The lowest BCUT2D eigenvalue weighted by atomic mass is 10.0. The average Bonchev–Trinajstić information content (AvgIpc) is 3.55. The number of halogens is 1. The molecule has 1 saturated carbocycles. The predicted octanol–water partition coefficient (Wildman–Crippen LogP) is 5.16. The third kappa shape index (κ3) is 4.81. The van der Waals surface area contributed by atoms with Gasteiger partial charge in [0.15, 0.2) is 6.10 Å². The van der Waals surface area contributed by atoms with E-state index >= 15 is 0 Å². The fourth-order valence-corrected chi connectivity index (χ4v) is 4.63. The van der Waals surface area contributed by atoms with Gasteiger partial charge in [-0.25, -0.2) is 4.39 Å². The Morgan fingerprint density at radius 2 is 1.79 bits per heavy atom. The monoisotopic (exact) mass is 458 g/mol. The number of hydrogen-bond acceptors (Lipinski definition) is 4. The third-order valence-corrected chi connectivity index (χ3v) is 6.51. The maximum absolute atomic E-state index is 13.5. The van der Waals surface area contributed by atoms with Crippen molar-refractivity contribution < 1.29 is 18.8 Å². The van der Waals surface area contributed by atoms with Gasteiger partial charge < -0.3 is 14.5 Å². The summed E-state index contributed by atoms with van der Waals surface area (Å²) in [6.45, 7) is 0.817. The second-order valence-corrected chi connectivity index (χ2v) is 8.87. The van der Waals surface area contributed by atoms with Gasteiger partial charge in [-0.05, 0) is 47.7 Å². The highest BCUT2D eigenvalue weighted by molar-refractivity contribution is 6.03. The number of methoxy groups -OCH3 is 1. The van der Waals surface area contributed by atoms with Crippen LogP contribution in [0.5, 0.6) is 5.75 Å². The van der Waals surface area contributed by atoms with Crippen molar-refractivity contribution in [1.82, 2.24) is 4.90 Å². The van der Waals surface area contributed by atoms with Crippen molar-refractivity contribution in [3.8, 4) is 5.75 Å². The summed E-state index contributed by atoms with van der Waals surface area (Å²) < 4.78 is 18.9. The second-order valence-electron chi connectivity index (χ2n) is 8.87. The number of nitrogens with zero attached hydrogens (tertiary/aromatic N) is 2. The van der Waals surface area contributed by atoms with E-state index in [0.29, 0.717) is 19.5 Å². The number of carbonyl (C=O) groups is 1. The summed E-state index contributed by atoms with van der Waals surface area (Å²) in [6.07, 6.45) is 1.18. The summed E-state index contributed by atoms with van der Waals surface area (Å²) in [6, 6.07) is 24.2. The average molecular weight is 459 g/mol. The van der Waals surface area contributed by atoms with Gasteiger partial charge in [0.1, 0.15) is 11.6 Å². The molecule has 174 valence electrons. The van der Waals surface area contributed by atoms with Crippen LogP contribution < -0.4 is 4.74 Å². The molecule has 1 aliphatic carbocycles. The van der Waals surface area contributed by atoms with Gasteiger partial charge in [0.2, 0.25) is 5.91 Å². The Bertz CT molecular complexity index is 1180. The van der Waals surface area contributed by atoms with E-state index in [1.807, 2.05) is 47.4 Å². The number of ether oxygens (including phenoxy) is 1. The number of amides is 1. The van der Waals surface area contributed by atoms with E-state index in [4.69, 9.17) is 9.57 Å². The Morgan fingerprint density at radius 3 is 2.56 bits per heavy atom. The summed E-state index contributed by atoms with van der Waals surface area (Å²) in [5.74, 6) is 0.760. The van der Waals surface area contributed by atoms with E-state index < -0.39 is 0 Å². The minimum absolute atomic E-state index is 0.0427. The van der Waals surface area contributed by atoms with E-state index in [1.54, 1.807) is 19.2 Å². The van der Waals surface area contributed by atoms with Crippen LogP contribution in [0.2, 0.25) is 0 Å². The third-order valence-electron chi connectivity index (χ3n) is 6.51. The van der Waals surface area contributed by atoms with Crippen molar-refractivity contribution in [2.45, 2.75) is 31.4 Å². The highest BCUT2D eigenvalue weighted by atomic mass is 19.1. The lowest BCUT2D eigenvalue weighted by Gasteiger charge is -2.25. The minimum atomic E-state index is -0.290. The summed E-state index contributed by atoms with van der Waals surface area (Å²) in [7, 11) is 1.63. The fraction of sp³-hybridized carbons (Fsp3) is 0.286. The lowest BCUT2D eigenvalue weighted by Crippen LogP contribution is -2.38. The van der Waals surface area contributed by atoms with Gasteiger partial charge in [0, 0.05) is 24.4 Å². The maximum Gasteiger partial charge on any atom is 0.226 e. The molecule has 1 fully saturated rings. The highest BCUT2D eigenvalue weighted by Crippen LogP contribution is 2.48. The van der Waals surface area contributed by atoms with Gasteiger partial charge >= 0.3 is 0 Å². The van der Waals surface area contributed by atoms with Gasteiger partial charge in [-0.2, -0.15) is 0 Å². The van der Waals surface area contributed by atoms with Crippen LogP contribution in [0.1, 0.15) is 35.4 Å². The van der Waals surface area contributed by atoms with Gasteiger partial charge in [0.25, 0.3) is 0 Å². The molecule has 0 saturated heterocycles.